The van der Waals surface area contributed by atoms with E-state index < -0.39 is 6.09 Å². The number of amides is 1. The highest BCUT2D eigenvalue weighted by Gasteiger charge is 2.20. The van der Waals surface area contributed by atoms with Crippen LogP contribution >= 0.6 is 21.6 Å². The number of rotatable bonds is 6. The van der Waals surface area contributed by atoms with Crippen molar-refractivity contribution in [1.82, 2.24) is 0 Å². The predicted octanol–water partition coefficient (Wildman–Crippen LogP) is 4.59. The largest absolute Gasteiger partial charge is 0.448 e. The molecule has 0 aliphatic carbocycles. The molecule has 0 heterocycles. The molecule has 3 nitrogen and oxygen atoms in total. The zero-order valence-corrected chi connectivity index (χ0v) is 13.5. The van der Waals surface area contributed by atoms with Gasteiger partial charge in [0.2, 0.25) is 0 Å². The maximum atomic E-state index is 11.7. The Balaban J connectivity index is 2.42. The van der Waals surface area contributed by atoms with Crippen molar-refractivity contribution in [3.05, 3.63) is 29.8 Å². The van der Waals surface area contributed by atoms with Crippen LogP contribution in [0.25, 0.3) is 0 Å². The van der Waals surface area contributed by atoms with Gasteiger partial charge in [-0.1, -0.05) is 40.6 Å². The van der Waals surface area contributed by atoms with Crippen LogP contribution in [0.4, 0.5) is 10.5 Å². The topological polar surface area (TPSA) is 38.3 Å². The molecular weight excluding hydrogens is 278 g/mol. The van der Waals surface area contributed by atoms with Gasteiger partial charge in [-0.2, -0.15) is 0 Å². The number of ether oxygens (including phenoxy) is 1. The van der Waals surface area contributed by atoms with E-state index in [1.807, 2.05) is 30.5 Å². The fourth-order valence-electron chi connectivity index (χ4n) is 1.47. The van der Waals surface area contributed by atoms with Crippen LogP contribution in [0.15, 0.2) is 24.3 Å². The molecule has 19 heavy (non-hydrogen) atoms. The fraction of sp³-hybridized carbons (Fsp3) is 0.500. The van der Waals surface area contributed by atoms with Crippen molar-refractivity contribution in [2.45, 2.75) is 31.9 Å². The Morgan fingerprint density at radius 3 is 2.47 bits per heavy atom. The monoisotopic (exact) mass is 299 g/mol. The molecular formula is C14H21NO2S2. The molecule has 1 rings (SSSR count). The van der Waals surface area contributed by atoms with Crippen LogP contribution in [-0.4, -0.2) is 23.7 Å². The van der Waals surface area contributed by atoms with E-state index in [-0.39, 0.29) is 4.75 Å². The molecule has 0 aliphatic heterocycles. The van der Waals surface area contributed by atoms with E-state index in [2.05, 4.69) is 26.1 Å². The molecule has 0 atom stereocenters. The van der Waals surface area contributed by atoms with E-state index in [1.54, 1.807) is 21.6 Å². The van der Waals surface area contributed by atoms with Gasteiger partial charge in [0.05, 0.1) is 4.75 Å². The second-order valence-electron chi connectivity index (χ2n) is 4.76. The zero-order chi connectivity index (χ0) is 14.3. The standard InChI is InChI=1S/C14H21NO2S2/c1-5-11-6-8-12(9-7-11)15-13(16)17-10-14(2,3)19-18-4/h6-9H,5,10H2,1-4H3,(H,15,16). The molecule has 0 fully saturated rings. The van der Waals surface area contributed by atoms with Gasteiger partial charge in [0.1, 0.15) is 6.61 Å². The number of benzene rings is 1. The second-order valence-corrected chi connectivity index (χ2v) is 7.87. The molecule has 0 aromatic heterocycles. The Hall–Kier alpha value is -0.810. The van der Waals surface area contributed by atoms with Crippen LogP contribution < -0.4 is 5.32 Å². The Morgan fingerprint density at radius 2 is 1.95 bits per heavy atom. The Morgan fingerprint density at radius 1 is 1.32 bits per heavy atom. The lowest BCUT2D eigenvalue weighted by Gasteiger charge is -2.21. The molecule has 5 heteroatoms. The average Bonchev–Trinajstić information content (AvgIpc) is 2.37. The van der Waals surface area contributed by atoms with E-state index in [1.165, 1.54) is 5.56 Å². The summed E-state index contributed by atoms with van der Waals surface area (Å²) in [5, 5.41) is 2.73. The van der Waals surface area contributed by atoms with Gasteiger partial charge in [0.25, 0.3) is 0 Å². The molecule has 1 N–H and O–H groups in total. The Labute approximate surface area is 123 Å². The molecule has 0 saturated heterocycles. The van der Waals surface area contributed by atoms with Crippen LogP contribution in [0.2, 0.25) is 0 Å². The van der Waals surface area contributed by atoms with Gasteiger partial charge in [-0.15, -0.1) is 0 Å². The molecule has 1 aromatic carbocycles. The Bertz CT molecular complexity index is 404. The quantitative estimate of drug-likeness (QED) is 0.780. The number of hydrogen-bond donors (Lipinski definition) is 1. The minimum atomic E-state index is -0.404. The third-order valence-corrected chi connectivity index (χ3v) is 5.06. The third-order valence-electron chi connectivity index (χ3n) is 2.47. The average molecular weight is 299 g/mol. The van der Waals surface area contributed by atoms with Gasteiger partial charge in [-0.3, -0.25) is 5.32 Å². The number of nitrogens with one attached hydrogen (secondary N) is 1. The van der Waals surface area contributed by atoms with Crippen LogP contribution in [-0.2, 0) is 11.2 Å². The minimum Gasteiger partial charge on any atom is -0.448 e. The van der Waals surface area contributed by atoms with Crippen molar-refractivity contribution in [1.29, 1.82) is 0 Å². The lowest BCUT2D eigenvalue weighted by Crippen LogP contribution is -2.26. The summed E-state index contributed by atoms with van der Waals surface area (Å²) in [6, 6.07) is 7.79. The highest BCUT2D eigenvalue weighted by atomic mass is 33.1. The van der Waals surface area contributed by atoms with Gasteiger partial charge >= 0.3 is 6.09 Å². The molecule has 0 radical (unpaired) electrons. The summed E-state index contributed by atoms with van der Waals surface area (Å²) in [7, 11) is 3.37. The van der Waals surface area contributed by atoms with Crippen molar-refractivity contribution >= 4 is 33.4 Å². The first kappa shape index (κ1) is 16.2. The lowest BCUT2D eigenvalue weighted by molar-refractivity contribution is 0.153. The summed E-state index contributed by atoms with van der Waals surface area (Å²) >= 11 is 0. The zero-order valence-electron chi connectivity index (χ0n) is 11.9. The second kappa shape index (κ2) is 7.70. The van der Waals surface area contributed by atoms with Crippen molar-refractivity contribution in [3.63, 3.8) is 0 Å². The van der Waals surface area contributed by atoms with Crippen molar-refractivity contribution in [3.8, 4) is 0 Å². The summed E-state index contributed by atoms with van der Waals surface area (Å²) < 4.78 is 5.16. The first-order chi connectivity index (χ1) is 8.96. The first-order valence-electron chi connectivity index (χ1n) is 6.21. The van der Waals surface area contributed by atoms with Crippen LogP contribution in [0.1, 0.15) is 26.3 Å². The predicted molar refractivity (Wildman–Crippen MR) is 86.0 cm³/mol. The molecule has 1 amide bonds. The SMILES string of the molecule is CCc1ccc(NC(=O)OCC(C)(C)SSC)cc1. The summed E-state index contributed by atoms with van der Waals surface area (Å²) in [5.74, 6) is 0. The minimum absolute atomic E-state index is 0.0805. The van der Waals surface area contributed by atoms with Crippen LogP contribution in [0.5, 0.6) is 0 Å². The first-order valence-corrected chi connectivity index (χ1v) is 8.77. The van der Waals surface area contributed by atoms with Crippen molar-refractivity contribution in [2.24, 2.45) is 0 Å². The van der Waals surface area contributed by atoms with Gasteiger partial charge in [0.15, 0.2) is 0 Å². The highest BCUT2D eigenvalue weighted by molar-refractivity contribution is 8.76. The van der Waals surface area contributed by atoms with E-state index in [0.717, 1.165) is 12.1 Å². The van der Waals surface area contributed by atoms with Gasteiger partial charge in [-0.25, -0.2) is 4.79 Å². The summed E-state index contributed by atoms with van der Waals surface area (Å²) in [6.07, 6.45) is 2.60. The normalized spacial score (nSPS) is 11.2. The lowest BCUT2D eigenvalue weighted by atomic mass is 10.1. The number of carbonyl (C=O) groups excluding carboxylic acids is 1. The fourth-order valence-corrected chi connectivity index (χ4v) is 3.52. The maximum absolute atomic E-state index is 11.7. The van der Waals surface area contributed by atoms with E-state index in [9.17, 15) is 4.79 Å². The van der Waals surface area contributed by atoms with Crippen LogP contribution in [0.3, 0.4) is 0 Å². The van der Waals surface area contributed by atoms with Gasteiger partial charge in [0, 0.05) is 5.69 Å². The number of hydrogen-bond acceptors (Lipinski definition) is 4. The number of carbonyl (C=O) groups is 1. The Kier molecular flexibility index (Phi) is 6.58. The summed E-state index contributed by atoms with van der Waals surface area (Å²) in [6.45, 7) is 6.59. The van der Waals surface area contributed by atoms with Crippen molar-refractivity contribution in [2.75, 3.05) is 18.2 Å². The maximum Gasteiger partial charge on any atom is 0.411 e. The van der Waals surface area contributed by atoms with E-state index >= 15 is 0 Å². The van der Waals surface area contributed by atoms with Gasteiger partial charge in [-0.05, 0) is 44.2 Å². The number of aryl methyl sites for hydroxylation is 1. The molecule has 0 saturated carbocycles. The van der Waals surface area contributed by atoms with Crippen molar-refractivity contribution < 1.29 is 9.53 Å². The van der Waals surface area contributed by atoms with Gasteiger partial charge < -0.3 is 4.74 Å². The summed E-state index contributed by atoms with van der Waals surface area (Å²) in [4.78, 5) is 11.7. The highest BCUT2D eigenvalue weighted by Crippen LogP contribution is 2.33. The molecule has 106 valence electrons. The molecule has 1 aromatic rings. The molecule has 0 aliphatic rings. The molecule has 0 bridgehead atoms. The molecule has 0 unspecified atom stereocenters. The smallest absolute Gasteiger partial charge is 0.411 e. The van der Waals surface area contributed by atoms with E-state index in [4.69, 9.17) is 4.74 Å². The number of anilines is 1. The third kappa shape index (κ3) is 6.25. The molecule has 0 spiro atoms. The summed E-state index contributed by atoms with van der Waals surface area (Å²) in [5.41, 5.74) is 2.01. The van der Waals surface area contributed by atoms with E-state index in [0.29, 0.717) is 6.61 Å². The van der Waals surface area contributed by atoms with Crippen LogP contribution in [0, 0.1) is 0 Å².